The van der Waals surface area contributed by atoms with Crippen molar-refractivity contribution in [3.8, 4) is 5.69 Å². The number of thioether (sulfide) groups is 1. The standard InChI is InChI=1S/C29H30F3N3O2S2/c30-29(31,32)19-4-3-5-20(11-19)35-26(37)24-21-6-1-2-7-22(21)39-25(24)33-27(35)38-15-23(36)34-28-12-16-8-17(13-28)10-18(9-16)14-28/h3-5,11,16-18H,1-2,6-10,12-15H2,(H,34,36). The molecule has 0 atom stereocenters. The van der Waals surface area contributed by atoms with Gasteiger partial charge in [-0.1, -0.05) is 17.8 Å². The highest BCUT2D eigenvalue weighted by molar-refractivity contribution is 7.99. The molecule has 1 N–H and O–H groups in total. The molecule has 3 aromatic rings. The highest BCUT2D eigenvalue weighted by atomic mass is 32.2. The molecule has 0 saturated heterocycles. The summed E-state index contributed by atoms with van der Waals surface area (Å²) in [5, 5.41) is 4.12. The molecule has 0 unspecified atom stereocenters. The monoisotopic (exact) mass is 573 g/mol. The van der Waals surface area contributed by atoms with Gasteiger partial charge in [-0.25, -0.2) is 4.98 Å². The van der Waals surface area contributed by atoms with E-state index in [1.54, 1.807) is 0 Å². The minimum absolute atomic E-state index is 0.0593. The molecule has 206 valence electrons. The van der Waals surface area contributed by atoms with Gasteiger partial charge >= 0.3 is 6.18 Å². The maximum atomic E-state index is 13.9. The molecule has 10 heteroatoms. The van der Waals surface area contributed by atoms with Crippen LogP contribution in [0, 0.1) is 17.8 Å². The van der Waals surface area contributed by atoms with Crippen LogP contribution in [0.5, 0.6) is 0 Å². The van der Waals surface area contributed by atoms with Crippen LogP contribution in [0.1, 0.15) is 67.4 Å². The van der Waals surface area contributed by atoms with Crippen LogP contribution in [0.4, 0.5) is 13.2 Å². The Morgan fingerprint density at radius 2 is 1.79 bits per heavy atom. The Labute approximate surface area is 232 Å². The van der Waals surface area contributed by atoms with E-state index in [2.05, 4.69) is 5.32 Å². The van der Waals surface area contributed by atoms with Crippen LogP contribution < -0.4 is 10.9 Å². The predicted octanol–water partition coefficient (Wildman–Crippen LogP) is 6.52. The second kappa shape index (κ2) is 9.36. The van der Waals surface area contributed by atoms with E-state index in [-0.39, 0.29) is 33.6 Å². The molecule has 0 spiro atoms. The first kappa shape index (κ1) is 25.6. The Morgan fingerprint density at radius 1 is 1.10 bits per heavy atom. The lowest BCUT2D eigenvalue weighted by Gasteiger charge is -2.56. The van der Waals surface area contributed by atoms with E-state index >= 15 is 0 Å². The third-order valence-corrected chi connectivity index (χ3v) is 11.3. The number of fused-ring (bicyclic) bond motifs is 3. The van der Waals surface area contributed by atoms with E-state index < -0.39 is 11.7 Å². The molecule has 1 aromatic carbocycles. The van der Waals surface area contributed by atoms with Crippen molar-refractivity contribution in [1.29, 1.82) is 0 Å². The van der Waals surface area contributed by atoms with Gasteiger partial charge in [0.05, 0.1) is 22.4 Å². The average Bonchev–Trinajstić information content (AvgIpc) is 3.25. The summed E-state index contributed by atoms with van der Waals surface area (Å²) in [5.74, 6) is 2.05. The first-order valence-corrected chi connectivity index (χ1v) is 15.7. The Hall–Kier alpha value is -2.33. The molecular weight excluding hydrogens is 543 g/mol. The molecule has 39 heavy (non-hydrogen) atoms. The Kier molecular flexibility index (Phi) is 6.15. The Balaban J connectivity index is 1.23. The van der Waals surface area contributed by atoms with Crippen molar-refractivity contribution in [2.24, 2.45) is 17.8 Å². The normalized spacial score (nSPS) is 27.6. The Bertz CT molecular complexity index is 1490. The van der Waals surface area contributed by atoms with Crippen LogP contribution in [0.25, 0.3) is 15.9 Å². The van der Waals surface area contributed by atoms with E-state index in [4.69, 9.17) is 4.98 Å². The van der Waals surface area contributed by atoms with Gasteiger partial charge in [-0.05, 0) is 106 Å². The second-order valence-corrected chi connectivity index (χ2v) is 14.0. The zero-order chi connectivity index (χ0) is 26.9. The third kappa shape index (κ3) is 4.61. The largest absolute Gasteiger partial charge is 0.416 e. The summed E-state index contributed by atoms with van der Waals surface area (Å²) >= 11 is 2.63. The molecule has 1 amide bonds. The van der Waals surface area contributed by atoms with Gasteiger partial charge in [0.15, 0.2) is 5.16 Å². The van der Waals surface area contributed by atoms with Gasteiger partial charge < -0.3 is 5.32 Å². The van der Waals surface area contributed by atoms with Gasteiger partial charge in [-0.15, -0.1) is 11.3 Å². The van der Waals surface area contributed by atoms with E-state index in [1.165, 1.54) is 47.3 Å². The topological polar surface area (TPSA) is 64.0 Å². The fourth-order valence-electron chi connectivity index (χ4n) is 8.06. The lowest BCUT2D eigenvalue weighted by atomic mass is 9.53. The number of carbonyl (C=O) groups is 1. The summed E-state index contributed by atoms with van der Waals surface area (Å²) in [7, 11) is 0. The number of hydrogen-bond donors (Lipinski definition) is 1. The summed E-state index contributed by atoms with van der Waals surface area (Å²) in [6.45, 7) is 0. The molecule has 0 aliphatic heterocycles. The number of thiophene rings is 1. The number of aryl methyl sites for hydroxylation is 2. The first-order valence-electron chi connectivity index (χ1n) is 13.9. The molecule has 0 radical (unpaired) electrons. The molecule has 4 fully saturated rings. The minimum Gasteiger partial charge on any atom is -0.350 e. The van der Waals surface area contributed by atoms with Gasteiger partial charge in [0.25, 0.3) is 5.56 Å². The van der Waals surface area contributed by atoms with Crippen LogP contribution in [-0.2, 0) is 23.8 Å². The van der Waals surface area contributed by atoms with Crippen molar-refractivity contribution >= 4 is 39.2 Å². The van der Waals surface area contributed by atoms with Crippen LogP contribution >= 0.6 is 23.1 Å². The van der Waals surface area contributed by atoms with Crippen molar-refractivity contribution in [3.63, 3.8) is 0 Å². The molecule has 5 aliphatic rings. The van der Waals surface area contributed by atoms with Crippen LogP contribution in [-0.4, -0.2) is 26.8 Å². The molecule has 2 aromatic heterocycles. The van der Waals surface area contributed by atoms with Gasteiger partial charge in [-0.3, -0.25) is 14.2 Å². The molecule has 8 rings (SSSR count). The SMILES string of the molecule is O=C(CSc1nc2sc3c(c2c(=O)n1-c1cccc(C(F)(F)F)c1)CCCC3)NC12CC3CC(CC(C3)C1)C2. The van der Waals surface area contributed by atoms with E-state index in [1.807, 2.05) is 0 Å². The van der Waals surface area contributed by atoms with Crippen LogP contribution in [0.2, 0.25) is 0 Å². The number of nitrogens with one attached hydrogen (secondary N) is 1. The number of amides is 1. The lowest BCUT2D eigenvalue weighted by molar-refractivity contribution is -0.137. The highest BCUT2D eigenvalue weighted by Crippen LogP contribution is 2.55. The number of nitrogens with zero attached hydrogens (tertiary/aromatic N) is 2. The molecule has 5 aliphatic carbocycles. The van der Waals surface area contributed by atoms with Crippen molar-refractivity contribution in [3.05, 3.63) is 50.6 Å². The molecular formula is C29H30F3N3O2S2. The summed E-state index contributed by atoms with van der Waals surface area (Å²) in [4.78, 5) is 33.7. The number of aromatic nitrogens is 2. The van der Waals surface area contributed by atoms with Crippen molar-refractivity contribution in [2.75, 3.05) is 5.75 Å². The summed E-state index contributed by atoms with van der Waals surface area (Å²) in [5.41, 5.74) is -0.214. The van der Waals surface area contributed by atoms with Crippen molar-refractivity contribution in [2.45, 2.75) is 81.1 Å². The number of rotatable bonds is 5. The fraction of sp³-hybridized carbons (Fsp3) is 0.552. The lowest BCUT2D eigenvalue weighted by Crippen LogP contribution is -2.60. The smallest absolute Gasteiger partial charge is 0.350 e. The van der Waals surface area contributed by atoms with Crippen LogP contribution in [0.15, 0.2) is 34.2 Å². The maximum Gasteiger partial charge on any atom is 0.416 e. The quantitative estimate of drug-likeness (QED) is 0.279. The van der Waals surface area contributed by atoms with Gasteiger partial charge in [0.1, 0.15) is 4.83 Å². The highest BCUT2D eigenvalue weighted by Gasteiger charge is 2.51. The number of alkyl halides is 3. The molecule has 4 saturated carbocycles. The number of carbonyl (C=O) groups excluding carboxylic acids is 1. The fourth-order valence-corrected chi connectivity index (χ4v) is 10.2. The number of hydrogen-bond acceptors (Lipinski definition) is 5. The van der Waals surface area contributed by atoms with Gasteiger partial charge in [0.2, 0.25) is 5.91 Å². The number of halogens is 3. The van der Waals surface area contributed by atoms with Crippen molar-refractivity contribution < 1.29 is 18.0 Å². The Morgan fingerprint density at radius 3 is 2.49 bits per heavy atom. The van der Waals surface area contributed by atoms with Gasteiger partial charge in [-0.2, -0.15) is 13.2 Å². The number of benzene rings is 1. The summed E-state index contributed by atoms with van der Waals surface area (Å²) < 4.78 is 42.0. The average molecular weight is 574 g/mol. The first-order chi connectivity index (χ1) is 18.7. The molecule has 5 nitrogen and oxygen atoms in total. The zero-order valence-corrected chi connectivity index (χ0v) is 23.1. The summed E-state index contributed by atoms with van der Waals surface area (Å²) in [6, 6.07) is 4.81. The van der Waals surface area contributed by atoms with E-state index in [0.29, 0.717) is 28.0 Å². The van der Waals surface area contributed by atoms with Crippen molar-refractivity contribution in [1.82, 2.24) is 14.9 Å². The minimum atomic E-state index is -4.54. The predicted molar refractivity (Wildman–Crippen MR) is 147 cm³/mol. The van der Waals surface area contributed by atoms with Crippen LogP contribution in [0.3, 0.4) is 0 Å². The van der Waals surface area contributed by atoms with E-state index in [0.717, 1.165) is 79.3 Å². The zero-order valence-electron chi connectivity index (χ0n) is 21.5. The van der Waals surface area contributed by atoms with Gasteiger partial charge in [0, 0.05) is 10.4 Å². The van der Waals surface area contributed by atoms with E-state index in [9.17, 15) is 22.8 Å². The maximum absolute atomic E-state index is 13.9. The molecule has 4 bridgehead atoms. The summed E-state index contributed by atoms with van der Waals surface area (Å²) in [6.07, 6.45) is 6.09. The third-order valence-electron chi connectivity index (χ3n) is 9.17. The second-order valence-electron chi connectivity index (χ2n) is 12.0. The molecule has 2 heterocycles.